The average Bonchev–Trinajstić information content (AvgIpc) is 2.83. The van der Waals surface area contributed by atoms with E-state index in [4.69, 9.17) is 0 Å². The zero-order chi connectivity index (χ0) is 18.0. The summed E-state index contributed by atoms with van der Waals surface area (Å²) in [6.07, 6.45) is -3.15. The topological polar surface area (TPSA) is 37.4 Å². The molecule has 0 saturated carbocycles. The van der Waals surface area contributed by atoms with Gasteiger partial charge in [-0.1, -0.05) is 42.5 Å². The number of thioether (sulfide) groups is 1. The Morgan fingerprint density at radius 2 is 1.72 bits per heavy atom. The van der Waals surface area contributed by atoms with Crippen molar-refractivity contribution in [2.75, 3.05) is 0 Å². The fraction of sp³-hybridized carbons (Fsp3) is 0.111. The van der Waals surface area contributed by atoms with Crippen molar-refractivity contribution >= 4 is 29.0 Å². The SMILES string of the molecule is O=C1S/C(=C/c2cccc(C(F)(F)F)c2)C(=O)N1Cc1ccccc1. The Bertz CT molecular complexity index is 847. The Hall–Kier alpha value is -2.54. The molecular formula is C18H12F3NO2S. The summed E-state index contributed by atoms with van der Waals surface area (Å²) in [5, 5.41) is -0.438. The van der Waals surface area contributed by atoms with Crippen molar-refractivity contribution in [3.05, 3.63) is 76.2 Å². The maximum absolute atomic E-state index is 12.8. The highest BCUT2D eigenvalue weighted by Crippen LogP contribution is 2.34. The molecule has 1 heterocycles. The molecule has 3 rings (SSSR count). The number of imide groups is 1. The molecule has 0 unspecified atom stereocenters. The Labute approximate surface area is 146 Å². The van der Waals surface area contributed by atoms with Crippen molar-refractivity contribution in [3.63, 3.8) is 0 Å². The van der Waals surface area contributed by atoms with E-state index >= 15 is 0 Å². The molecule has 25 heavy (non-hydrogen) atoms. The zero-order valence-corrected chi connectivity index (χ0v) is 13.6. The van der Waals surface area contributed by atoms with Crippen LogP contribution >= 0.6 is 11.8 Å². The normalized spacial score (nSPS) is 16.8. The summed E-state index contributed by atoms with van der Waals surface area (Å²) in [5.74, 6) is -0.503. The molecule has 2 amide bonds. The van der Waals surface area contributed by atoms with Gasteiger partial charge in [0.15, 0.2) is 0 Å². The Morgan fingerprint density at radius 1 is 1.00 bits per heavy atom. The van der Waals surface area contributed by atoms with Gasteiger partial charge in [0.1, 0.15) is 0 Å². The lowest BCUT2D eigenvalue weighted by Crippen LogP contribution is -2.27. The number of nitrogens with zero attached hydrogens (tertiary/aromatic N) is 1. The van der Waals surface area contributed by atoms with Crippen molar-refractivity contribution in [3.8, 4) is 0 Å². The van der Waals surface area contributed by atoms with Crippen molar-refractivity contribution in [2.24, 2.45) is 0 Å². The van der Waals surface area contributed by atoms with Gasteiger partial charge >= 0.3 is 6.18 Å². The molecule has 2 aromatic rings. The van der Waals surface area contributed by atoms with E-state index in [1.807, 2.05) is 6.07 Å². The highest BCUT2D eigenvalue weighted by molar-refractivity contribution is 8.18. The monoisotopic (exact) mass is 363 g/mol. The van der Waals surface area contributed by atoms with Crippen LogP contribution < -0.4 is 0 Å². The van der Waals surface area contributed by atoms with Crippen LogP contribution in [0.3, 0.4) is 0 Å². The highest BCUT2D eigenvalue weighted by Gasteiger charge is 2.35. The Morgan fingerprint density at radius 3 is 2.40 bits per heavy atom. The van der Waals surface area contributed by atoms with Gasteiger partial charge < -0.3 is 0 Å². The molecule has 0 atom stereocenters. The minimum absolute atomic E-state index is 0.111. The summed E-state index contributed by atoms with van der Waals surface area (Å²) in [7, 11) is 0. The molecule has 2 aromatic carbocycles. The van der Waals surface area contributed by atoms with Crippen LogP contribution in [0.25, 0.3) is 6.08 Å². The van der Waals surface area contributed by atoms with E-state index in [0.29, 0.717) is 0 Å². The van der Waals surface area contributed by atoms with Crippen LogP contribution in [0, 0.1) is 0 Å². The van der Waals surface area contributed by atoms with Crippen LogP contribution in [0.5, 0.6) is 0 Å². The Kier molecular flexibility index (Phi) is 4.67. The largest absolute Gasteiger partial charge is 0.416 e. The maximum atomic E-state index is 12.8. The van der Waals surface area contributed by atoms with Crippen molar-refractivity contribution in [1.82, 2.24) is 4.90 Å². The molecule has 7 heteroatoms. The number of amides is 2. The third-order valence-corrected chi connectivity index (χ3v) is 4.48. The molecule has 3 nitrogen and oxygen atoms in total. The van der Waals surface area contributed by atoms with Gasteiger partial charge in [-0.15, -0.1) is 0 Å². The van der Waals surface area contributed by atoms with Gasteiger partial charge in [0, 0.05) is 0 Å². The van der Waals surface area contributed by atoms with E-state index in [2.05, 4.69) is 0 Å². The van der Waals surface area contributed by atoms with E-state index in [0.717, 1.165) is 34.4 Å². The van der Waals surface area contributed by atoms with Gasteiger partial charge in [-0.05, 0) is 41.1 Å². The lowest BCUT2D eigenvalue weighted by atomic mass is 10.1. The molecule has 0 radical (unpaired) electrons. The van der Waals surface area contributed by atoms with Gasteiger partial charge in [-0.25, -0.2) is 0 Å². The summed E-state index contributed by atoms with van der Waals surface area (Å²) >= 11 is 0.727. The van der Waals surface area contributed by atoms with E-state index in [1.165, 1.54) is 18.2 Å². The molecule has 1 aliphatic rings. The summed E-state index contributed by atoms with van der Waals surface area (Å²) in [4.78, 5) is 25.7. The van der Waals surface area contributed by atoms with Gasteiger partial charge in [0.25, 0.3) is 11.1 Å². The Balaban J connectivity index is 1.83. The van der Waals surface area contributed by atoms with Crippen LogP contribution in [-0.2, 0) is 17.5 Å². The molecule has 0 bridgehead atoms. The number of hydrogen-bond acceptors (Lipinski definition) is 3. The second-order valence-electron chi connectivity index (χ2n) is 5.38. The molecule has 0 spiro atoms. The van der Waals surface area contributed by atoms with Crippen molar-refractivity contribution < 1.29 is 22.8 Å². The van der Waals surface area contributed by atoms with Crippen LogP contribution in [0.15, 0.2) is 59.5 Å². The van der Waals surface area contributed by atoms with Crippen molar-refractivity contribution in [1.29, 1.82) is 0 Å². The van der Waals surface area contributed by atoms with E-state index in [9.17, 15) is 22.8 Å². The molecule has 0 aromatic heterocycles. The van der Waals surface area contributed by atoms with Crippen LogP contribution in [-0.4, -0.2) is 16.0 Å². The summed E-state index contributed by atoms with van der Waals surface area (Å²) in [6, 6.07) is 13.6. The van der Waals surface area contributed by atoms with E-state index < -0.39 is 22.9 Å². The molecule has 1 fully saturated rings. The second-order valence-corrected chi connectivity index (χ2v) is 6.37. The molecular weight excluding hydrogens is 351 g/mol. The van der Waals surface area contributed by atoms with Crippen LogP contribution in [0.1, 0.15) is 16.7 Å². The predicted molar refractivity (Wildman–Crippen MR) is 89.4 cm³/mol. The lowest BCUT2D eigenvalue weighted by molar-refractivity contribution is -0.137. The number of rotatable bonds is 3. The zero-order valence-electron chi connectivity index (χ0n) is 12.8. The fourth-order valence-corrected chi connectivity index (χ4v) is 3.20. The fourth-order valence-electron chi connectivity index (χ4n) is 2.36. The number of hydrogen-bond donors (Lipinski definition) is 0. The van der Waals surface area contributed by atoms with Crippen LogP contribution in [0.2, 0.25) is 0 Å². The average molecular weight is 363 g/mol. The maximum Gasteiger partial charge on any atom is 0.416 e. The molecule has 0 aliphatic carbocycles. The minimum Gasteiger partial charge on any atom is -0.268 e. The van der Waals surface area contributed by atoms with E-state index in [-0.39, 0.29) is 17.0 Å². The summed E-state index contributed by atoms with van der Waals surface area (Å²) in [6.45, 7) is 0.130. The van der Waals surface area contributed by atoms with Crippen molar-refractivity contribution in [2.45, 2.75) is 12.7 Å². The first kappa shape index (κ1) is 17.3. The molecule has 0 N–H and O–H groups in total. The van der Waals surface area contributed by atoms with Gasteiger partial charge in [0.2, 0.25) is 0 Å². The van der Waals surface area contributed by atoms with Gasteiger partial charge in [-0.3, -0.25) is 14.5 Å². The third kappa shape index (κ3) is 3.93. The summed E-state index contributed by atoms with van der Waals surface area (Å²) < 4.78 is 38.3. The predicted octanol–water partition coefficient (Wildman–Crippen LogP) is 4.94. The van der Waals surface area contributed by atoms with E-state index in [1.54, 1.807) is 24.3 Å². The minimum atomic E-state index is -4.46. The number of alkyl halides is 3. The lowest BCUT2D eigenvalue weighted by Gasteiger charge is -2.12. The molecule has 1 aliphatic heterocycles. The first-order valence-electron chi connectivity index (χ1n) is 7.31. The quantitative estimate of drug-likeness (QED) is 0.725. The standard InChI is InChI=1S/C18H12F3NO2S/c19-18(20,21)14-8-4-7-13(9-14)10-15-16(23)22(17(24)25-15)11-12-5-2-1-3-6-12/h1-10H,11H2/b15-10+. The van der Waals surface area contributed by atoms with Crippen LogP contribution in [0.4, 0.5) is 18.0 Å². The third-order valence-electron chi connectivity index (χ3n) is 3.57. The first-order valence-corrected chi connectivity index (χ1v) is 8.13. The number of halogens is 3. The summed E-state index contributed by atoms with van der Waals surface area (Å²) in [5.41, 5.74) is 0.218. The second kappa shape index (κ2) is 6.76. The number of carbonyl (C=O) groups excluding carboxylic acids is 2. The molecule has 1 saturated heterocycles. The molecule has 128 valence electrons. The van der Waals surface area contributed by atoms with Gasteiger partial charge in [0.05, 0.1) is 17.0 Å². The smallest absolute Gasteiger partial charge is 0.268 e. The van der Waals surface area contributed by atoms with Gasteiger partial charge in [-0.2, -0.15) is 13.2 Å². The highest BCUT2D eigenvalue weighted by atomic mass is 32.2. The number of benzene rings is 2. The first-order chi connectivity index (χ1) is 11.8. The number of carbonyl (C=O) groups is 2.